The summed E-state index contributed by atoms with van der Waals surface area (Å²) >= 11 is 0. The summed E-state index contributed by atoms with van der Waals surface area (Å²) < 4.78 is 0. The van der Waals surface area contributed by atoms with E-state index in [9.17, 15) is 0 Å². The number of benzene rings is 4. The van der Waals surface area contributed by atoms with Gasteiger partial charge in [-0.2, -0.15) is 0 Å². The van der Waals surface area contributed by atoms with E-state index < -0.39 is 0 Å². The minimum atomic E-state index is 0.206. The van der Waals surface area contributed by atoms with Gasteiger partial charge in [0.25, 0.3) is 0 Å². The molecule has 0 heterocycles. The Morgan fingerprint density at radius 2 is 0.672 bits per heavy atom. The first-order chi connectivity index (χ1) is 31.8. The third-order valence-corrected chi connectivity index (χ3v) is 13.1. The number of hydrogen-bond donors (Lipinski definition) is 0. The van der Waals surface area contributed by atoms with E-state index in [0.717, 1.165) is 63.5 Å². The van der Waals surface area contributed by atoms with Gasteiger partial charge in [0.05, 0.1) is 6.04 Å². The summed E-state index contributed by atoms with van der Waals surface area (Å²) in [6, 6.07) is 41.8. The molecule has 4 nitrogen and oxygen atoms in total. The Hall–Kier alpha value is -7.04. The molecule has 0 N–H and O–H groups in total. The zero-order valence-corrected chi connectivity index (χ0v) is 36.7. The highest BCUT2D eigenvalue weighted by molar-refractivity contribution is 5.74. The Morgan fingerprint density at radius 3 is 1.09 bits per heavy atom. The van der Waals surface area contributed by atoms with Crippen molar-refractivity contribution in [3.8, 4) is 0 Å². The topological polar surface area (TPSA) is 13.0 Å². The minimum absolute atomic E-state index is 0.206. The summed E-state index contributed by atoms with van der Waals surface area (Å²) in [5.41, 5.74) is 13.4. The predicted octanol–water partition coefficient (Wildman–Crippen LogP) is 15.5. The van der Waals surface area contributed by atoms with Gasteiger partial charge in [0.2, 0.25) is 0 Å². The maximum atomic E-state index is 2.54. The van der Waals surface area contributed by atoms with Crippen LogP contribution < -0.4 is 19.6 Å². The van der Waals surface area contributed by atoms with Crippen LogP contribution in [0.4, 0.5) is 28.4 Å². The van der Waals surface area contributed by atoms with E-state index in [1.807, 2.05) is 0 Å². The van der Waals surface area contributed by atoms with Crippen molar-refractivity contribution in [2.45, 2.75) is 63.8 Å². The molecule has 0 saturated carbocycles. The zero-order valence-electron chi connectivity index (χ0n) is 36.7. The number of anilines is 5. The first-order valence-corrected chi connectivity index (χ1v) is 23.5. The molecule has 0 aliphatic heterocycles. The molecule has 3 atom stereocenters. The van der Waals surface area contributed by atoms with Crippen molar-refractivity contribution in [2.24, 2.45) is 11.8 Å². The van der Waals surface area contributed by atoms with Gasteiger partial charge < -0.3 is 19.6 Å². The van der Waals surface area contributed by atoms with Gasteiger partial charge in [-0.25, -0.2) is 0 Å². The van der Waals surface area contributed by atoms with Crippen molar-refractivity contribution in [3.05, 3.63) is 259 Å². The van der Waals surface area contributed by atoms with E-state index in [4.69, 9.17) is 0 Å². The summed E-state index contributed by atoms with van der Waals surface area (Å²) in [4.78, 5) is 9.76. The summed E-state index contributed by atoms with van der Waals surface area (Å²) in [6.45, 7) is 0. The van der Waals surface area contributed by atoms with Gasteiger partial charge in [-0.3, -0.25) is 0 Å². The van der Waals surface area contributed by atoms with Crippen LogP contribution in [0.25, 0.3) is 0 Å². The fourth-order valence-electron chi connectivity index (χ4n) is 9.85. The summed E-state index contributed by atoms with van der Waals surface area (Å²) in [7, 11) is 0. The molecule has 0 saturated heterocycles. The molecule has 10 rings (SSSR count). The maximum Gasteiger partial charge on any atom is 0.0561 e. The number of rotatable bonds is 13. The molecule has 0 radical (unpaired) electrons. The zero-order chi connectivity index (χ0) is 42.9. The van der Waals surface area contributed by atoms with Crippen molar-refractivity contribution in [1.29, 1.82) is 0 Å². The van der Waals surface area contributed by atoms with Crippen LogP contribution in [-0.4, -0.2) is 6.04 Å². The van der Waals surface area contributed by atoms with Crippen LogP contribution in [0.5, 0.6) is 0 Å². The van der Waals surface area contributed by atoms with E-state index in [1.165, 1.54) is 56.9 Å². The first-order valence-electron chi connectivity index (χ1n) is 23.5. The van der Waals surface area contributed by atoms with Crippen LogP contribution in [0.15, 0.2) is 259 Å². The molecule has 0 fully saturated rings. The third-order valence-electron chi connectivity index (χ3n) is 13.1. The van der Waals surface area contributed by atoms with Crippen LogP contribution in [0.3, 0.4) is 0 Å². The molecule has 4 aromatic rings. The quantitative estimate of drug-likeness (QED) is 0.133. The van der Waals surface area contributed by atoms with E-state index in [-0.39, 0.29) is 6.04 Å². The van der Waals surface area contributed by atoms with E-state index in [0.29, 0.717) is 11.8 Å². The molecule has 6 aliphatic rings. The molecular formula is C60H58N4. The van der Waals surface area contributed by atoms with Crippen molar-refractivity contribution in [1.82, 2.24) is 0 Å². The normalized spacial score (nSPS) is 21.2. The van der Waals surface area contributed by atoms with Gasteiger partial charge >= 0.3 is 0 Å². The highest BCUT2D eigenvalue weighted by Crippen LogP contribution is 2.40. The summed E-state index contributed by atoms with van der Waals surface area (Å²) in [5.74, 6) is 0.875. The van der Waals surface area contributed by atoms with Crippen LogP contribution in [0.1, 0.15) is 57.8 Å². The summed E-state index contributed by atoms with van der Waals surface area (Å²) in [6.07, 6.45) is 52.0. The smallest absolute Gasteiger partial charge is 0.0561 e. The molecule has 0 amide bonds. The van der Waals surface area contributed by atoms with Crippen LogP contribution >= 0.6 is 0 Å². The van der Waals surface area contributed by atoms with Gasteiger partial charge in [-0.05, 0) is 167 Å². The van der Waals surface area contributed by atoms with Crippen molar-refractivity contribution in [2.75, 3.05) is 19.6 Å². The molecule has 64 heavy (non-hydrogen) atoms. The fourth-order valence-corrected chi connectivity index (χ4v) is 9.85. The average molecular weight is 835 g/mol. The monoisotopic (exact) mass is 834 g/mol. The lowest BCUT2D eigenvalue weighted by Gasteiger charge is -2.37. The number of nitrogens with zero attached hydrogens (tertiary/aromatic N) is 4. The van der Waals surface area contributed by atoms with Crippen LogP contribution in [-0.2, 0) is 0 Å². The molecule has 4 heteroatoms. The number of allylic oxidation sites excluding steroid dienone is 16. The highest BCUT2D eigenvalue weighted by atomic mass is 15.2. The lowest BCUT2D eigenvalue weighted by atomic mass is 9.81. The Balaban J connectivity index is 0.851. The minimum Gasteiger partial charge on any atom is -0.335 e. The first kappa shape index (κ1) is 41.0. The SMILES string of the molecule is C1=CC(N(C2=CCC(N(C3=CCC(C4C=CC(N(C5=CCCC=C5)c5ccc(N(C6=CCCC=C6)c6ccccc6)cc5)=CC4)C=C3)c3ccccc3)C=C2)c2ccccc2)=CCC1. The number of para-hydroxylation sites is 3. The van der Waals surface area contributed by atoms with Gasteiger partial charge in [-0.15, -0.1) is 0 Å². The largest absolute Gasteiger partial charge is 0.335 e. The second-order valence-electron chi connectivity index (χ2n) is 17.3. The molecule has 3 unspecified atom stereocenters. The standard InChI is InChI=1S/C60H58N4/c1-7-19-49(20-8-1)61(50-21-9-2-10-22-50)57-39-43-59(44-40-57)63(53-27-15-5-16-28-53)55-35-31-47(32-36-55)48-33-37-56(38-34-48)64(54-29-17-6-18-30-54)60-45-41-58(42-46-60)62(51-23-11-3-12-24-51)52-25-13-4-14-26-52/h1,3,5,7-9,11-13,15-17,19-31,33,35-43,45-48,59H,2,4,6,10,14,18,32,34,44H2. The second-order valence-corrected chi connectivity index (χ2v) is 17.3. The van der Waals surface area contributed by atoms with Gasteiger partial charge in [0, 0.05) is 62.6 Å². The summed E-state index contributed by atoms with van der Waals surface area (Å²) in [5, 5.41) is 0. The number of hydrogen-bond acceptors (Lipinski definition) is 4. The third kappa shape index (κ3) is 9.05. The van der Waals surface area contributed by atoms with Gasteiger partial charge in [-0.1, -0.05) is 128 Å². The maximum absolute atomic E-state index is 2.54. The Morgan fingerprint density at radius 1 is 0.297 bits per heavy atom. The molecule has 318 valence electrons. The Kier molecular flexibility index (Phi) is 12.5. The fraction of sp³-hybridized carbons (Fsp3) is 0.200. The van der Waals surface area contributed by atoms with Gasteiger partial charge in [0.1, 0.15) is 0 Å². The van der Waals surface area contributed by atoms with E-state index in [2.05, 4.69) is 244 Å². The van der Waals surface area contributed by atoms with Crippen molar-refractivity contribution >= 4 is 28.4 Å². The lowest BCUT2D eigenvalue weighted by Crippen LogP contribution is -2.35. The molecule has 6 aliphatic carbocycles. The lowest BCUT2D eigenvalue weighted by molar-refractivity contribution is 0.473. The Labute approximate surface area is 380 Å². The molecule has 0 bridgehead atoms. The molecule has 4 aromatic carbocycles. The van der Waals surface area contributed by atoms with Crippen LogP contribution in [0.2, 0.25) is 0 Å². The Bertz CT molecular complexity index is 2650. The van der Waals surface area contributed by atoms with Crippen molar-refractivity contribution < 1.29 is 0 Å². The van der Waals surface area contributed by atoms with Crippen molar-refractivity contribution in [3.63, 3.8) is 0 Å². The predicted molar refractivity (Wildman–Crippen MR) is 271 cm³/mol. The molecule has 0 aromatic heterocycles. The second kappa shape index (κ2) is 19.6. The van der Waals surface area contributed by atoms with Gasteiger partial charge in [0.15, 0.2) is 0 Å². The molecule has 0 spiro atoms. The highest BCUT2D eigenvalue weighted by Gasteiger charge is 2.28. The van der Waals surface area contributed by atoms with E-state index >= 15 is 0 Å². The van der Waals surface area contributed by atoms with Crippen LogP contribution in [0, 0.1) is 11.8 Å². The molecular weight excluding hydrogens is 777 g/mol. The van der Waals surface area contributed by atoms with E-state index in [1.54, 1.807) is 0 Å². The average Bonchev–Trinajstić information content (AvgIpc) is 3.38.